The smallest absolute Gasteiger partial charge is 0.329 e. The van der Waals surface area contributed by atoms with Crippen LogP contribution < -0.4 is 10.6 Å². The van der Waals surface area contributed by atoms with Gasteiger partial charge in [0.15, 0.2) is 6.61 Å². The Morgan fingerprint density at radius 1 is 0.935 bits per heavy atom. The number of nitrogens with one attached hydrogen (secondary N) is 2. The fourth-order valence-corrected chi connectivity index (χ4v) is 2.94. The molecule has 31 heavy (non-hydrogen) atoms. The van der Waals surface area contributed by atoms with Crippen molar-refractivity contribution < 1.29 is 27.9 Å². The normalized spacial score (nSPS) is 12.7. The molecule has 0 aromatic heterocycles. The lowest BCUT2D eigenvalue weighted by molar-refractivity contribution is -0.153. The van der Waals surface area contributed by atoms with Crippen molar-refractivity contribution in [2.45, 2.75) is 39.3 Å². The summed E-state index contributed by atoms with van der Waals surface area (Å²) in [5, 5.41) is 5.13. The molecule has 2 aromatic carbocycles. The van der Waals surface area contributed by atoms with Gasteiger partial charge in [0.1, 0.15) is 17.7 Å². The largest absolute Gasteiger partial charge is 0.454 e. The molecule has 0 aliphatic carbocycles. The third kappa shape index (κ3) is 7.47. The van der Waals surface area contributed by atoms with E-state index in [1.807, 2.05) is 18.2 Å². The van der Waals surface area contributed by atoms with Crippen LogP contribution >= 0.6 is 0 Å². The van der Waals surface area contributed by atoms with Crippen LogP contribution in [0.1, 0.15) is 37.9 Å². The molecule has 2 N–H and O–H groups in total. The van der Waals surface area contributed by atoms with Crippen molar-refractivity contribution in [2.24, 2.45) is 5.92 Å². The van der Waals surface area contributed by atoms with Gasteiger partial charge in [-0.1, -0.05) is 50.2 Å². The highest BCUT2D eigenvalue weighted by Crippen LogP contribution is 2.17. The SMILES string of the molecule is CC(C)[C@H](NC(=O)Cc1ccccc1)C(=O)OCC(=O)N[C@H](C)c1ccc(F)cc1F. The monoisotopic (exact) mass is 432 g/mol. The molecule has 0 aliphatic rings. The minimum atomic E-state index is -0.920. The number of rotatable bonds is 9. The van der Waals surface area contributed by atoms with Crippen molar-refractivity contribution in [3.8, 4) is 0 Å². The molecule has 2 amide bonds. The van der Waals surface area contributed by atoms with E-state index in [1.165, 1.54) is 13.0 Å². The van der Waals surface area contributed by atoms with E-state index in [4.69, 9.17) is 4.74 Å². The summed E-state index contributed by atoms with van der Waals surface area (Å²) in [5.41, 5.74) is 0.909. The number of carbonyl (C=O) groups is 3. The number of hydrogen-bond donors (Lipinski definition) is 2. The Hall–Kier alpha value is -3.29. The van der Waals surface area contributed by atoms with Crippen LogP contribution in [0.4, 0.5) is 8.78 Å². The van der Waals surface area contributed by atoms with E-state index in [0.717, 1.165) is 17.7 Å². The van der Waals surface area contributed by atoms with Gasteiger partial charge in [0.25, 0.3) is 5.91 Å². The first-order valence-corrected chi connectivity index (χ1v) is 9.91. The molecule has 2 atom stereocenters. The van der Waals surface area contributed by atoms with Crippen LogP contribution in [0.3, 0.4) is 0 Å². The lowest BCUT2D eigenvalue weighted by Crippen LogP contribution is -2.46. The Balaban J connectivity index is 1.87. The predicted octanol–water partition coefficient (Wildman–Crippen LogP) is 3.07. The van der Waals surface area contributed by atoms with E-state index in [9.17, 15) is 23.2 Å². The summed E-state index contributed by atoms with van der Waals surface area (Å²) in [5.74, 6) is -3.50. The number of ether oxygens (including phenoxy) is 1. The van der Waals surface area contributed by atoms with E-state index < -0.39 is 42.2 Å². The minimum Gasteiger partial charge on any atom is -0.454 e. The van der Waals surface area contributed by atoms with Gasteiger partial charge in [-0.05, 0) is 24.5 Å². The van der Waals surface area contributed by atoms with Crippen molar-refractivity contribution in [1.82, 2.24) is 10.6 Å². The van der Waals surface area contributed by atoms with E-state index in [0.29, 0.717) is 0 Å². The Kier molecular flexibility index (Phi) is 8.66. The molecule has 0 radical (unpaired) electrons. The Bertz CT molecular complexity index is 919. The molecular weight excluding hydrogens is 406 g/mol. The second kappa shape index (κ2) is 11.2. The quantitative estimate of drug-likeness (QED) is 0.597. The Morgan fingerprint density at radius 2 is 1.61 bits per heavy atom. The van der Waals surface area contributed by atoms with E-state index in [-0.39, 0.29) is 23.8 Å². The van der Waals surface area contributed by atoms with Crippen molar-refractivity contribution in [3.63, 3.8) is 0 Å². The van der Waals surface area contributed by atoms with E-state index >= 15 is 0 Å². The average Bonchev–Trinajstić information content (AvgIpc) is 2.70. The molecular formula is C23H26F2N2O4. The Morgan fingerprint density at radius 3 is 2.23 bits per heavy atom. The van der Waals surface area contributed by atoms with Gasteiger partial charge in [-0.3, -0.25) is 9.59 Å². The van der Waals surface area contributed by atoms with Gasteiger partial charge in [-0.2, -0.15) is 0 Å². The van der Waals surface area contributed by atoms with Gasteiger partial charge < -0.3 is 15.4 Å². The predicted molar refractivity (Wildman–Crippen MR) is 111 cm³/mol. The summed E-state index contributed by atoms with van der Waals surface area (Å²) in [6.07, 6.45) is 0.110. The highest BCUT2D eigenvalue weighted by molar-refractivity contribution is 5.87. The third-order valence-electron chi connectivity index (χ3n) is 4.60. The minimum absolute atomic E-state index is 0.106. The highest BCUT2D eigenvalue weighted by Gasteiger charge is 2.26. The topological polar surface area (TPSA) is 84.5 Å². The molecule has 166 valence electrons. The molecule has 0 aliphatic heterocycles. The number of benzene rings is 2. The number of hydrogen-bond acceptors (Lipinski definition) is 4. The van der Waals surface area contributed by atoms with Gasteiger partial charge in [-0.15, -0.1) is 0 Å². The number of esters is 1. The Labute approximate surface area is 180 Å². The van der Waals surface area contributed by atoms with Gasteiger partial charge in [-0.25, -0.2) is 13.6 Å². The summed E-state index contributed by atoms with van der Waals surface area (Å²) >= 11 is 0. The number of amides is 2. The fourth-order valence-electron chi connectivity index (χ4n) is 2.94. The number of halogens is 2. The molecule has 0 unspecified atom stereocenters. The molecule has 2 rings (SSSR count). The maximum absolute atomic E-state index is 13.8. The number of carbonyl (C=O) groups excluding carboxylic acids is 3. The molecule has 0 saturated carbocycles. The zero-order chi connectivity index (χ0) is 23.0. The molecule has 0 heterocycles. The highest BCUT2D eigenvalue weighted by atomic mass is 19.1. The van der Waals surface area contributed by atoms with Crippen LogP contribution in [-0.2, 0) is 25.5 Å². The first-order chi connectivity index (χ1) is 14.7. The van der Waals surface area contributed by atoms with Gasteiger partial charge in [0, 0.05) is 11.6 Å². The fraction of sp³-hybridized carbons (Fsp3) is 0.348. The summed E-state index contributed by atoms with van der Waals surface area (Å²) in [6.45, 7) is 4.42. The summed E-state index contributed by atoms with van der Waals surface area (Å²) in [4.78, 5) is 36.8. The third-order valence-corrected chi connectivity index (χ3v) is 4.60. The van der Waals surface area contributed by atoms with Crippen LogP contribution in [0, 0.1) is 17.6 Å². The average molecular weight is 432 g/mol. The molecule has 0 bridgehead atoms. The van der Waals surface area contributed by atoms with Crippen LogP contribution in [0.25, 0.3) is 0 Å². The van der Waals surface area contributed by atoms with Crippen LogP contribution in [-0.4, -0.2) is 30.4 Å². The lowest BCUT2D eigenvalue weighted by atomic mass is 10.0. The van der Waals surface area contributed by atoms with Crippen molar-refractivity contribution in [3.05, 3.63) is 71.3 Å². The molecule has 0 saturated heterocycles. The first-order valence-electron chi connectivity index (χ1n) is 9.91. The van der Waals surface area contributed by atoms with E-state index in [2.05, 4.69) is 10.6 Å². The van der Waals surface area contributed by atoms with Crippen molar-refractivity contribution in [2.75, 3.05) is 6.61 Å². The molecule has 6 nitrogen and oxygen atoms in total. The standard InChI is InChI=1S/C23H26F2N2O4/c1-14(2)22(27-20(28)11-16-7-5-4-6-8-16)23(30)31-13-21(29)26-15(3)18-10-9-17(24)12-19(18)25/h4-10,12,14-15,22H,11,13H2,1-3H3,(H,26,29)(H,27,28)/t15-,22+/m1/s1. The van der Waals surface area contributed by atoms with Crippen molar-refractivity contribution in [1.29, 1.82) is 0 Å². The summed E-state index contributed by atoms with van der Waals surface area (Å²) in [6, 6.07) is 10.5. The van der Waals surface area contributed by atoms with Crippen LogP contribution in [0.5, 0.6) is 0 Å². The van der Waals surface area contributed by atoms with Gasteiger partial charge >= 0.3 is 5.97 Å². The van der Waals surface area contributed by atoms with Gasteiger partial charge in [0.2, 0.25) is 5.91 Å². The zero-order valence-electron chi connectivity index (χ0n) is 17.7. The van der Waals surface area contributed by atoms with Crippen LogP contribution in [0.15, 0.2) is 48.5 Å². The summed E-state index contributed by atoms with van der Waals surface area (Å²) < 4.78 is 31.9. The second-order valence-electron chi connectivity index (χ2n) is 7.51. The lowest BCUT2D eigenvalue weighted by Gasteiger charge is -2.21. The second-order valence-corrected chi connectivity index (χ2v) is 7.51. The maximum atomic E-state index is 13.8. The molecule has 0 fully saturated rings. The molecule has 8 heteroatoms. The summed E-state index contributed by atoms with van der Waals surface area (Å²) in [7, 11) is 0. The van der Waals surface area contributed by atoms with Crippen LogP contribution in [0.2, 0.25) is 0 Å². The van der Waals surface area contributed by atoms with Crippen molar-refractivity contribution >= 4 is 17.8 Å². The van der Waals surface area contributed by atoms with E-state index in [1.54, 1.807) is 26.0 Å². The zero-order valence-corrected chi connectivity index (χ0v) is 17.7. The van der Waals surface area contributed by atoms with Gasteiger partial charge in [0.05, 0.1) is 12.5 Å². The molecule has 2 aromatic rings. The maximum Gasteiger partial charge on any atom is 0.329 e. The first kappa shape index (κ1) is 24.0. The molecule has 0 spiro atoms.